The quantitative estimate of drug-likeness (QED) is 0.444. The lowest BCUT2D eigenvalue weighted by atomic mass is 9.91. The Kier molecular flexibility index (Phi) is 8.92. The molecular formula is C23H32F3N5O3S. The van der Waals surface area contributed by atoms with Crippen molar-refractivity contribution >= 4 is 34.1 Å². The molecule has 3 rings (SSSR count). The number of pyridine rings is 1. The number of nitrogens with one attached hydrogen (secondary N) is 1. The summed E-state index contributed by atoms with van der Waals surface area (Å²) in [5, 5.41) is 13.0. The third-order valence-electron chi connectivity index (χ3n) is 6.02. The summed E-state index contributed by atoms with van der Waals surface area (Å²) < 4.78 is 47.4. The molecule has 1 saturated carbocycles. The molecule has 194 valence electrons. The summed E-state index contributed by atoms with van der Waals surface area (Å²) >= 11 is 0.624. The van der Waals surface area contributed by atoms with Gasteiger partial charge in [-0.3, -0.25) is 4.79 Å². The largest absolute Gasteiger partial charge is 0.469 e. The van der Waals surface area contributed by atoms with Gasteiger partial charge in [0.15, 0.2) is 5.82 Å². The van der Waals surface area contributed by atoms with Crippen LogP contribution in [0.25, 0.3) is 0 Å². The molecule has 2 N–H and O–H groups in total. The van der Waals surface area contributed by atoms with Crippen molar-refractivity contribution in [3.63, 3.8) is 0 Å². The summed E-state index contributed by atoms with van der Waals surface area (Å²) in [4.78, 5) is 22.3. The zero-order valence-corrected chi connectivity index (χ0v) is 21.1. The highest BCUT2D eigenvalue weighted by Crippen LogP contribution is 2.37. The molecule has 12 heteroatoms. The molecule has 0 aliphatic heterocycles. The van der Waals surface area contributed by atoms with Crippen molar-refractivity contribution < 1.29 is 27.8 Å². The van der Waals surface area contributed by atoms with Gasteiger partial charge in [0.1, 0.15) is 0 Å². The Morgan fingerprint density at radius 1 is 1.29 bits per heavy atom. The van der Waals surface area contributed by atoms with Gasteiger partial charge in [0.2, 0.25) is 11.0 Å². The van der Waals surface area contributed by atoms with Crippen molar-refractivity contribution in [2.45, 2.75) is 77.1 Å². The van der Waals surface area contributed by atoms with Gasteiger partial charge >= 0.3 is 12.1 Å². The van der Waals surface area contributed by atoms with E-state index in [0.717, 1.165) is 18.4 Å². The topological polar surface area (TPSA) is 100 Å². The first kappa shape index (κ1) is 27.1. The zero-order chi connectivity index (χ0) is 25.8. The van der Waals surface area contributed by atoms with Crippen molar-refractivity contribution in [3.8, 4) is 0 Å². The average molecular weight is 516 g/mol. The predicted octanol–water partition coefficient (Wildman–Crippen LogP) is 5.13. The minimum atomic E-state index is -4.64. The van der Waals surface area contributed by atoms with Crippen molar-refractivity contribution in [1.82, 2.24) is 14.3 Å². The van der Waals surface area contributed by atoms with Crippen LogP contribution in [0.4, 0.5) is 29.8 Å². The number of alkyl halides is 3. The smallest absolute Gasteiger partial charge is 0.452 e. The van der Waals surface area contributed by atoms with Crippen molar-refractivity contribution in [3.05, 3.63) is 23.7 Å². The van der Waals surface area contributed by atoms with Crippen molar-refractivity contribution in [1.29, 1.82) is 0 Å². The first-order chi connectivity index (χ1) is 16.5. The van der Waals surface area contributed by atoms with Gasteiger partial charge in [0.25, 0.3) is 0 Å². The van der Waals surface area contributed by atoms with E-state index in [1.54, 1.807) is 12.3 Å². The molecule has 8 nitrogen and oxygen atoms in total. The molecule has 0 saturated heterocycles. The second-order valence-electron chi connectivity index (χ2n) is 9.38. The van der Waals surface area contributed by atoms with E-state index in [1.165, 1.54) is 7.11 Å². The Hall–Kier alpha value is -2.47. The number of anilines is 3. The number of aliphatic hydroxyl groups is 1. The number of rotatable bonds is 9. The summed E-state index contributed by atoms with van der Waals surface area (Å²) in [5.41, 5.74) is 1.24. The maximum atomic E-state index is 13.1. The van der Waals surface area contributed by atoms with Crippen LogP contribution in [-0.2, 0) is 15.7 Å². The molecule has 0 aromatic carbocycles. The van der Waals surface area contributed by atoms with Gasteiger partial charge in [-0.05, 0) is 49.1 Å². The van der Waals surface area contributed by atoms with E-state index in [4.69, 9.17) is 9.72 Å². The molecule has 0 radical (unpaired) electrons. The minimum absolute atomic E-state index is 0.00158. The molecule has 35 heavy (non-hydrogen) atoms. The average Bonchev–Trinajstić information content (AvgIpc) is 3.27. The van der Waals surface area contributed by atoms with Crippen LogP contribution in [0.15, 0.2) is 12.3 Å². The molecule has 1 fully saturated rings. The maximum Gasteiger partial charge on any atom is 0.452 e. The Morgan fingerprint density at radius 3 is 2.54 bits per heavy atom. The highest BCUT2D eigenvalue weighted by atomic mass is 32.1. The minimum Gasteiger partial charge on any atom is -0.469 e. The number of aliphatic hydroxyl groups excluding tert-OH is 1. The van der Waals surface area contributed by atoms with Crippen LogP contribution in [0.2, 0.25) is 0 Å². The molecule has 2 aromatic heterocycles. The second kappa shape index (κ2) is 11.5. The van der Waals surface area contributed by atoms with E-state index < -0.39 is 12.0 Å². The Balaban J connectivity index is 2.00. The molecule has 1 aliphatic carbocycles. The van der Waals surface area contributed by atoms with Crippen LogP contribution in [0, 0.1) is 5.92 Å². The lowest BCUT2D eigenvalue weighted by molar-refractivity contribution is -0.144. The van der Waals surface area contributed by atoms with E-state index in [2.05, 4.69) is 33.4 Å². The molecule has 1 aliphatic rings. The van der Waals surface area contributed by atoms with E-state index in [0.29, 0.717) is 48.3 Å². The molecule has 2 aromatic rings. The highest BCUT2D eigenvalue weighted by molar-refractivity contribution is 7.09. The number of hydrogen-bond acceptors (Lipinski definition) is 9. The molecule has 0 spiro atoms. The second-order valence-corrected chi connectivity index (χ2v) is 10.1. The van der Waals surface area contributed by atoms with Gasteiger partial charge < -0.3 is 20.1 Å². The fraction of sp³-hybridized carbons (Fsp3) is 0.652. The fourth-order valence-electron chi connectivity index (χ4n) is 4.19. The summed E-state index contributed by atoms with van der Waals surface area (Å²) in [7, 11) is 1.32. The number of carbonyl (C=O) groups excluding carboxylic acids is 1. The third kappa shape index (κ3) is 7.26. The monoisotopic (exact) mass is 515 g/mol. The molecular weight excluding hydrogens is 483 g/mol. The molecule has 0 amide bonds. The van der Waals surface area contributed by atoms with E-state index in [-0.39, 0.29) is 35.6 Å². The van der Waals surface area contributed by atoms with Crippen LogP contribution in [0.5, 0.6) is 0 Å². The number of esters is 1. The lowest BCUT2D eigenvalue weighted by Crippen LogP contribution is -2.42. The van der Waals surface area contributed by atoms with Gasteiger partial charge in [-0.15, -0.1) is 0 Å². The number of halogens is 3. The van der Waals surface area contributed by atoms with Gasteiger partial charge in [-0.25, -0.2) is 4.98 Å². The summed E-state index contributed by atoms with van der Waals surface area (Å²) in [5.74, 6) is -0.883. The van der Waals surface area contributed by atoms with Crippen LogP contribution in [0.1, 0.15) is 70.2 Å². The zero-order valence-electron chi connectivity index (χ0n) is 20.3. The first-order valence-corrected chi connectivity index (χ1v) is 12.4. The number of methoxy groups -OCH3 is 1. The summed E-state index contributed by atoms with van der Waals surface area (Å²) in [6, 6.07) is 1.93. The normalized spacial score (nSPS) is 19.5. The Bertz CT molecular complexity index is 993. The number of ether oxygens (including phenoxy) is 1. The van der Waals surface area contributed by atoms with Crippen LogP contribution in [0.3, 0.4) is 0 Å². The van der Waals surface area contributed by atoms with E-state index >= 15 is 0 Å². The molecule has 2 heterocycles. The van der Waals surface area contributed by atoms with Gasteiger partial charge in [-0.2, -0.15) is 22.5 Å². The number of nitrogens with zero attached hydrogens (tertiary/aromatic N) is 4. The van der Waals surface area contributed by atoms with Crippen LogP contribution < -0.4 is 10.2 Å². The summed E-state index contributed by atoms with van der Waals surface area (Å²) in [6.45, 7) is 6.72. The first-order valence-electron chi connectivity index (χ1n) is 11.7. The van der Waals surface area contributed by atoms with Crippen LogP contribution in [-0.4, -0.2) is 51.2 Å². The van der Waals surface area contributed by atoms with Crippen molar-refractivity contribution in [2.24, 2.45) is 5.92 Å². The molecule has 1 atom stereocenters. The van der Waals surface area contributed by atoms with Gasteiger partial charge in [-0.1, -0.05) is 20.8 Å². The predicted molar refractivity (Wildman–Crippen MR) is 128 cm³/mol. The highest BCUT2D eigenvalue weighted by Gasteiger charge is 2.36. The van der Waals surface area contributed by atoms with Crippen molar-refractivity contribution in [2.75, 3.05) is 23.9 Å². The Morgan fingerprint density at radius 2 is 1.97 bits per heavy atom. The van der Waals surface area contributed by atoms with Gasteiger partial charge in [0, 0.05) is 30.3 Å². The number of aromatic nitrogens is 3. The molecule has 0 unspecified atom stereocenters. The van der Waals surface area contributed by atoms with E-state index in [1.807, 2.05) is 6.92 Å². The third-order valence-corrected chi connectivity index (χ3v) is 6.65. The Labute approximate surface area is 207 Å². The fourth-order valence-corrected chi connectivity index (χ4v) is 4.79. The SMILES string of the molecule is COC(=O)C[C@@H](C)c1cnc(N(CC(C)C)[C@H]2CC[C@H](O)CC2)c(Nc2nc(C(F)(F)F)ns2)c1. The lowest BCUT2D eigenvalue weighted by Gasteiger charge is -2.38. The van der Waals surface area contributed by atoms with Gasteiger partial charge in [0.05, 0.1) is 25.3 Å². The number of carbonyl (C=O) groups is 1. The summed E-state index contributed by atoms with van der Waals surface area (Å²) in [6.07, 6.45) is -0.185. The van der Waals surface area contributed by atoms with E-state index in [9.17, 15) is 23.1 Å². The maximum absolute atomic E-state index is 13.1. The molecule has 0 bridgehead atoms. The standard InChI is InChI=1S/C23H32F3N5O3S/c1-13(2)12-31(16-5-7-17(32)8-6-16)20-18(28-22-29-21(30-35-22)23(24,25)26)10-15(11-27-20)14(3)9-19(33)34-4/h10-11,13-14,16-17,32H,5-9,12H2,1-4H3,(H,28,29,30)/t14-,16-,17-/m1/s1. The van der Waals surface area contributed by atoms with Crippen LogP contribution >= 0.6 is 11.5 Å². The number of hydrogen-bond donors (Lipinski definition) is 2.